The maximum atomic E-state index is 12.6. The molecule has 0 spiro atoms. The quantitative estimate of drug-likeness (QED) is 0.530. The molecule has 3 heterocycles. The van der Waals surface area contributed by atoms with Crippen LogP contribution in [0.15, 0.2) is 67.0 Å². The number of para-hydroxylation sites is 3. The fourth-order valence-electron chi connectivity index (χ4n) is 4.16. The van der Waals surface area contributed by atoms with Crippen molar-refractivity contribution >= 4 is 33.9 Å². The van der Waals surface area contributed by atoms with E-state index in [2.05, 4.69) is 45.4 Å². The van der Waals surface area contributed by atoms with Gasteiger partial charge >= 0.3 is 0 Å². The smallest absolute Gasteiger partial charge is 0.246 e. The lowest BCUT2D eigenvalue weighted by Gasteiger charge is -2.31. The summed E-state index contributed by atoms with van der Waals surface area (Å²) in [7, 11) is 0. The molecule has 5 rings (SSSR count). The van der Waals surface area contributed by atoms with E-state index < -0.39 is 0 Å². The van der Waals surface area contributed by atoms with Crippen LogP contribution in [-0.2, 0) is 4.79 Å². The van der Waals surface area contributed by atoms with Crippen LogP contribution in [0.4, 0.5) is 0 Å². The number of H-pyrrole nitrogens is 1. The molecular weight excluding hydrogens is 360 g/mol. The van der Waals surface area contributed by atoms with Crippen molar-refractivity contribution in [3.8, 4) is 0 Å². The van der Waals surface area contributed by atoms with Gasteiger partial charge < -0.3 is 9.88 Å². The second-order valence-electron chi connectivity index (χ2n) is 7.51. The van der Waals surface area contributed by atoms with E-state index in [1.165, 1.54) is 16.5 Å². The first-order valence-corrected chi connectivity index (χ1v) is 10.0. The second kappa shape index (κ2) is 7.51. The standard InChI is InChI=1S/C24H22N4O/c29-24(10-9-18-15-25-22-7-3-4-8-23(22)27-18)28-13-11-17(12-14-28)20-16-26-21-6-2-1-5-19(20)21/h1-10,15-17,26H,11-14H2. The van der Waals surface area contributed by atoms with Crippen molar-refractivity contribution in [2.45, 2.75) is 18.8 Å². The summed E-state index contributed by atoms with van der Waals surface area (Å²) in [5.74, 6) is 0.530. The van der Waals surface area contributed by atoms with Gasteiger partial charge in [-0.05, 0) is 48.6 Å². The molecule has 0 saturated carbocycles. The highest BCUT2D eigenvalue weighted by Crippen LogP contribution is 2.33. The Labute approximate surface area is 169 Å². The van der Waals surface area contributed by atoms with E-state index >= 15 is 0 Å². The monoisotopic (exact) mass is 382 g/mol. The molecule has 0 radical (unpaired) electrons. The number of rotatable bonds is 3. The first kappa shape index (κ1) is 17.6. The molecule has 0 aliphatic carbocycles. The van der Waals surface area contributed by atoms with Gasteiger partial charge in [0.25, 0.3) is 0 Å². The van der Waals surface area contributed by atoms with Crippen LogP contribution in [0, 0.1) is 0 Å². The number of benzene rings is 2. The van der Waals surface area contributed by atoms with E-state index in [0.29, 0.717) is 11.6 Å². The Kier molecular flexibility index (Phi) is 4.56. The molecule has 1 amide bonds. The van der Waals surface area contributed by atoms with Crippen molar-refractivity contribution in [1.82, 2.24) is 19.9 Å². The van der Waals surface area contributed by atoms with Crippen LogP contribution in [0.5, 0.6) is 0 Å². The Morgan fingerprint density at radius 2 is 1.79 bits per heavy atom. The predicted octanol–water partition coefficient (Wildman–Crippen LogP) is 4.53. The molecule has 5 heteroatoms. The molecule has 29 heavy (non-hydrogen) atoms. The minimum absolute atomic E-state index is 0.0392. The molecule has 1 N–H and O–H groups in total. The van der Waals surface area contributed by atoms with Gasteiger partial charge in [-0.1, -0.05) is 30.3 Å². The Morgan fingerprint density at radius 1 is 1.03 bits per heavy atom. The molecule has 2 aromatic heterocycles. The van der Waals surface area contributed by atoms with Gasteiger partial charge in [0, 0.05) is 36.3 Å². The van der Waals surface area contributed by atoms with Gasteiger partial charge in [0.1, 0.15) is 0 Å². The number of amides is 1. The number of likely N-dealkylation sites (tertiary alicyclic amines) is 1. The first-order chi connectivity index (χ1) is 14.3. The van der Waals surface area contributed by atoms with Crippen LogP contribution in [-0.4, -0.2) is 38.8 Å². The fraction of sp³-hybridized carbons (Fsp3) is 0.208. The lowest BCUT2D eigenvalue weighted by molar-refractivity contribution is -0.126. The zero-order valence-corrected chi connectivity index (χ0v) is 16.1. The number of carbonyl (C=O) groups is 1. The molecule has 5 nitrogen and oxygen atoms in total. The molecule has 1 aliphatic heterocycles. The van der Waals surface area contributed by atoms with E-state index in [0.717, 1.165) is 37.0 Å². The summed E-state index contributed by atoms with van der Waals surface area (Å²) < 4.78 is 0. The average Bonchev–Trinajstić information content (AvgIpc) is 3.21. The highest BCUT2D eigenvalue weighted by Gasteiger charge is 2.24. The van der Waals surface area contributed by atoms with Gasteiger partial charge in [-0.15, -0.1) is 0 Å². The van der Waals surface area contributed by atoms with E-state index in [1.807, 2.05) is 29.2 Å². The summed E-state index contributed by atoms with van der Waals surface area (Å²) in [5, 5.41) is 1.30. The predicted molar refractivity (Wildman–Crippen MR) is 115 cm³/mol. The Hall–Kier alpha value is -3.47. The summed E-state index contributed by atoms with van der Waals surface area (Å²) in [6.07, 6.45) is 9.17. The fourth-order valence-corrected chi connectivity index (χ4v) is 4.16. The minimum Gasteiger partial charge on any atom is -0.361 e. The summed E-state index contributed by atoms with van der Waals surface area (Å²) in [6.45, 7) is 1.55. The SMILES string of the molecule is O=C(C=Cc1cnc2ccccc2n1)N1CCC(c2c[nH]c3ccccc23)CC1. The number of aromatic amines is 1. The Bertz CT molecular complexity index is 1200. The van der Waals surface area contributed by atoms with Gasteiger partial charge in [-0.25, -0.2) is 4.98 Å². The van der Waals surface area contributed by atoms with Crippen molar-refractivity contribution in [3.05, 3.63) is 78.3 Å². The number of nitrogens with one attached hydrogen (secondary N) is 1. The van der Waals surface area contributed by atoms with Gasteiger partial charge in [0.15, 0.2) is 0 Å². The third-order valence-electron chi connectivity index (χ3n) is 5.73. The molecule has 144 valence electrons. The second-order valence-corrected chi connectivity index (χ2v) is 7.51. The summed E-state index contributed by atoms with van der Waals surface area (Å²) in [4.78, 5) is 26.9. The Morgan fingerprint density at radius 3 is 2.66 bits per heavy atom. The normalized spacial score (nSPS) is 15.5. The van der Waals surface area contributed by atoms with E-state index in [1.54, 1.807) is 18.3 Å². The van der Waals surface area contributed by atoms with Crippen LogP contribution in [0.2, 0.25) is 0 Å². The summed E-state index contributed by atoms with van der Waals surface area (Å²) in [6, 6.07) is 16.2. The largest absolute Gasteiger partial charge is 0.361 e. The average molecular weight is 382 g/mol. The third-order valence-corrected chi connectivity index (χ3v) is 5.73. The van der Waals surface area contributed by atoms with Gasteiger partial charge in [0.2, 0.25) is 5.91 Å². The maximum absolute atomic E-state index is 12.6. The van der Waals surface area contributed by atoms with Crippen molar-refractivity contribution in [3.63, 3.8) is 0 Å². The molecular formula is C24H22N4O. The number of nitrogens with zero attached hydrogens (tertiary/aromatic N) is 3. The molecule has 1 aliphatic rings. The van der Waals surface area contributed by atoms with Crippen LogP contribution in [0.1, 0.15) is 30.0 Å². The lowest BCUT2D eigenvalue weighted by atomic mass is 9.89. The molecule has 0 atom stereocenters. The van der Waals surface area contributed by atoms with Crippen LogP contribution < -0.4 is 0 Å². The number of fused-ring (bicyclic) bond motifs is 2. The van der Waals surface area contributed by atoms with Gasteiger partial charge in [-0.2, -0.15) is 0 Å². The van der Waals surface area contributed by atoms with Crippen molar-refractivity contribution in [2.24, 2.45) is 0 Å². The van der Waals surface area contributed by atoms with Crippen molar-refractivity contribution in [2.75, 3.05) is 13.1 Å². The summed E-state index contributed by atoms with van der Waals surface area (Å²) >= 11 is 0. The first-order valence-electron chi connectivity index (χ1n) is 10.0. The molecule has 1 fully saturated rings. The highest BCUT2D eigenvalue weighted by atomic mass is 16.2. The number of carbonyl (C=O) groups excluding carboxylic acids is 1. The van der Waals surface area contributed by atoms with Crippen LogP contribution in [0.3, 0.4) is 0 Å². The number of hydrogen-bond donors (Lipinski definition) is 1. The lowest BCUT2D eigenvalue weighted by Crippen LogP contribution is -2.36. The van der Waals surface area contributed by atoms with E-state index in [4.69, 9.17) is 0 Å². The minimum atomic E-state index is 0.0392. The molecule has 4 aromatic rings. The summed E-state index contributed by atoms with van der Waals surface area (Å²) in [5.41, 5.74) is 4.94. The number of piperidine rings is 1. The van der Waals surface area contributed by atoms with Crippen LogP contribution >= 0.6 is 0 Å². The van der Waals surface area contributed by atoms with Crippen molar-refractivity contribution < 1.29 is 4.79 Å². The van der Waals surface area contributed by atoms with Crippen molar-refractivity contribution in [1.29, 1.82) is 0 Å². The topological polar surface area (TPSA) is 61.9 Å². The van der Waals surface area contributed by atoms with Crippen LogP contribution in [0.25, 0.3) is 28.0 Å². The molecule has 2 aromatic carbocycles. The zero-order chi connectivity index (χ0) is 19.6. The third kappa shape index (κ3) is 3.51. The highest BCUT2D eigenvalue weighted by molar-refractivity contribution is 5.92. The van der Waals surface area contributed by atoms with Gasteiger partial charge in [-0.3, -0.25) is 9.78 Å². The molecule has 0 bridgehead atoms. The Balaban J connectivity index is 1.24. The number of aromatic nitrogens is 3. The van der Waals surface area contributed by atoms with E-state index in [9.17, 15) is 4.79 Å². The number of hydrogen-bond acceptors (Lipinski definition) is 3. The van der Waals surface area contributed by atoms with Gasteiger partial charge in [0.05, 0.1) is 22.9 Å². The maximum Gasteiger partial charge on any atom is 0.246 e. The van der Waals surface area contributed by atoms with E-state index in [-0.39, 0.29) is 5.91 Å². The molecule has 0 unspecified atom stereocenters. The molecule has 1 saturated heterocycles. The zero-order valence-electron chi connectivity index (χ0n) is 16.1.